The lowest BCUT2D eigenvalue weighted by Gasteiger charge is -2.29. The number of carbonyl (C=O) groups is 1. The Morgan fingerprint density at radius 3 is 2.60 bits per heavy atom. The molecule has 0 saturated carbocycles. The third-order valence-corrected chi connectivity index (χ3v) is 4.99. The van der Waals surface area contributed by atoms with Gasteiger partial charge in [0.05, 0.1) is 30.2 Å². The van der Waals surface area contributed by atoms with E-state index in [0.29, 0.717) is 34.6 Å². The van der Waals surface area contributed by atoms with Crippen molar-refractivity contribution in [2.75, 3.05) is 13.2 Å². The minimum absolute atomic E-state index is 0.0808. The Morgan fingerprint density at radius 2 is 1.83 bits per heavy atom. The van der Waals surface area contributed by atoms with Crippen LogP contribution in [0.3, 0.4) is 0 Å². The van der Waals surface area contributed by atoms with Gasteiger partial charge in [0, 0.05) is 10.9 Å². The number of para-hydroxylation sites is 2. The van der Waals surface area contributed by atoms with Crippen LogP contribution < -0.4 is 20.8 Å². The van der Waals surface area contributed by atoms with Gasteiger partial charge in [0.25, 0.3) is 5.56 Å². The number of nitrogens with two attached hydrogens (primary N) is 1. The van der Waals surface area contributed by atoms with Gasteiger partial charge in [0.15, 0.2) is 0 Å². The van der Waals surface area contributed by atoms with E-state index < -0.39 is 11.9 Å². The van der Waals surface area contributed by atoms with Crippen LogP contribution in [-0.4, -0.2) is 24.2 Å². The first-order chi connectivity index (χ1) is 14.6. The molecule has 0 saturated heterocycles. The first-order valence-electron chi connectivity index (χ1n) is 9.78. The summed E-state index contributed by atoms with van der Waals surface area (Å²) in [6.45, 7) is 4.16. The average molecular weight is 406 g/mol. The molecule has 0 amide bonds. The van der Waals surface area contributed by atoms with Gasteiger partial charge in [-0.1, -0.05) is 30.3 Å². The number of esters is 1. The summed E-state index contributed by atoms with van der Waals surface area (Å²) in [5.41, 5.74) is 7.48. The highest BCUT2D eigenvalue weighted by Crippen LogP contribution is 2.45. The molecule has 1 atom stereocenters. The second-order valence-corrected chi connectivity index (χ2v) is 6.75. The molecule has 1 aliphatic heterocycles. The van der Waals surface area contributed by atoms with Crippen LogP contribution in [-0.2, 0) is 9.53 Å². The van der Waals surface area contributed by atoms with Crippen LogP contribution in [0.2, 0.25) is 0 Å². The van der Waals surface area contributed by atoms with Crippen molar-refractivity contribution >= 4 is 16.9 Å². The van der Waals surface area contributed by atoms with Crippen molar-refractivity contribution in [2.45, 2.75) is 19.8 Å². The number of ether oxygens (including phenoxy) is 3. The summed E-state index contributed by atoms with van der Waals surface area (Å²) in [6, 6.07) is 14.5. The summed E-state index contributed by atoms with van der Waals surface area (Å²) in [4.78, 5) is 28.9. The summed E-state index contributed by atoms with van der Waals surface area (Å²) >= 11 is 0. The fourth-order valence-corrected chi connectivity index (χ4v) is 3.80. The lowest BCUT2D eigenvalue weighted by Crippen LogP contribution is -2.32. The van der Waals surface area contributed by atoms with Gasteiger partial charge in [-0.2, -0.15) is 0 Å². The lowest BCUT2D eigenvalue weighted by atomic mass is 9.82. The maximum Gasteiger partial charge on any atom is 0.340 e. The molecule has 3 aromatic rings. The van der Waals surface area contributed by atoms with E-state index in [-0.39, 0.29) is 29.2 Å². The second kappa shape index (κ2) is 7.94. The Hall–Kier alpha value is -3.74. The number of aromatic amines is 1. The highest BCUT2D eigenvalue weighted by Gasteiger charge is 2.39. The van der Waals surface area contributed by atoms with Crippen LogP contribution in [0.4, 0.5) is 0 Å². The number of pyridine rings is 1. The summed E-state index contributed by atoms with van der Waals surface area (Å²) < 4.78 is 16.9. The second-order valence-electron chi connectivity index (χ2n) is 6.75. The fourth-order valence-electron chi connectivity index (χ4n) is 3.80. The van der Waals surface area contributed by atoms with Crippen LogP contribution in [0.25, 0.3) is 10.9 Å². The molecule has 1 unspecified atom stereocenters. The van der Waals surface area contributed by atoms with Crippen molar-refractivity contribution < 1.29 is 19.0 Å². The van der Waals surface area contributed by atoms with Crippen LogP contribution in [0.15, 0.2) is 64.8 Å². The van der Waals surface area contributed by atoms with Gasteiger partial charge in [0.1, 0.15) is 17.1 Å². The fraction of sp³-hybridized carbons (Fsp3) is 0.217. The van der Waals surface area contributed by atoms with E-state index in [4.69, 9.17) is 19.9 Å². The topological polar surface area (TPSA) is 104 Å². The number of aromatic nitrogens is 1. The number of rotatable bonds is 5. The van der Waals surface area contributed by atoms with Crippen LogP contribution in [0.1, 0.15) is 30.9 Å². The molecular weight excluding hydrogens is 384 g/mol. The summed E-state index contributed by atoms with van der Waals surface area (Å²) in [6.07, 6.45) is 0. The number of nitrogens with one attached hydrogen (secondary N) is 1. The molecule has 0 aliphatic carbocycles. The van der Waals surface area contributed by atoms with E-state index in [1.165, 1.54) is 0 Å². The third-order valence-electron chi connectivity index (χ3n) is 4.99. The Balaban J connectivity index is 2.05. The molecule has 1 aromatic heterocycles. The zero-order valence-electron chi connectivity index (χ0n) is 16.7. The monoisotopic (exact) mass is 406 g/mol. The smallest absolute Gasteiger partial charge is 0.340 e. The Morgan fingerprint density at radius 1 is 1.10 bits per heavy atom. The normalized spacial score (nSPS) is 15.5. The molecule has 0 fully saturated rings. The molecule has 154 valence electrons. The standard InChI is InChI=1S/C23H22N2O5/c1-3-28-16-12-8-6-10-14(16)17-18-20(30-21(24)19(17)23(27)29-4-2)13-9-5-7-11-15(13)25-22(18)26/h5-12,17H,3-4,24H2,1-2H3,(H,25,26). The highest BCUT2D eigenvalue weighted by molar-refractivity contribution is 5.95. The molecule has 2 aromatic carbocycles. The largest absolute Gasteiger partial charge is 0.494 e. The van der Waals surface area contributed by atoms with E-state index in [1.807, 2.05) is 43.3 Å². The van der Waals surface area contributed by atoms with Crippen LogP contribution in [0, 0.1) is 0 Å². The zero-order valence-corrected chi connectivity index (χ0v) is 16.7. The molecular formula is C23H22N2O5. The highest BCUT2D eigenvalue weighted by atomic mass is 16.5. The molecule has 4 rings (SSSR count). The lowest BCUT2D eigenvalue weighted by molar-refractivity contribution is -0.139. The van der Waals surface area contributed by atoms with Crippen molar-refractivity contribution in [1.29, 1.82) is 0 Å². The maximum atomic E-state index is 13.2. The Kier molecular flexibility index (Phi) is 5.18. The number of hydrogen-bond donors (Lipinski definition) is 2. The quantitative estimate of drug-likeness (QED) is 0.631. The predicted octanol–water partition coefficient (Wildman–Crippen LogP) is 3.18. The van der Waals surface area contributed by atoms with Gasteiger partial charge in [-0.05, 0) is 32.0 Å². The number of benzene rings is 2. The van der Waals surface area contributed by atoms with E-state index in [9.17, 15) is 9.59 Å². The predicted molar refractivity (Wildman–Crippen MR) is 112 cm³/mol. The molecule has 0 spiro atoms. The van der Waals surface area contributed by atoms with Gasteiger partial charge in [-0.25, -0.2) is 4.79 Å². The maximum absolute atomic E-state index is 13.2. The van der Waals surface area contributed by atoms with E-state index >= 15 is 0 Å². The molecule has 1 aliphatic rings. The van der Waals surface area contributed by atoms with Crippen LogP contribution >= 0.6 is 0 Å². The van der Waals surface area contributed by atoms with E-state index in [1.54, 1.807) is 19.1 Å². The third kappa shape index (κ3) is 3.18. The summed E-state index contributed by atoms with van der Waals surface area (Å²) in [5, 5.41) is 0.692. The van der Waals surface area contributed by atoms with Gasteiger partial charge in [0.2, 0.25) is 5.88 Å². The Labute approximate surface area is 173 Å². The number of hydrogen-bond acceptors (Lipinski definition) is 6. The van der Waals surface area contributed by atoms with E-state index in [0.717, 1.165) is 0 Å². The number of fused-ring (bicyclic) bond motifs is 3. The molecule has 7 heteroatoms. The van der Waals surface area contributed by atoms with Gasteiger partial charge in [-0.3, -0.25) is 4.79 Å². The summed E-state index contributed by atoms with van der Waals surface area (Å²) in [7, 11) is 0. The summed E-state index contributed by atoms with van der Waals surface area (Å²) in [5.74, 6) is -0.641. The Bertz CT molecular complexity index is 1210. The first kappa shape index (κ1) is 19.6. The van der Waals surface area contributed by atoms with Gasteiger partial charge < -0.3 is 24.9 Å². The SMILES string of the molecule is CCOC(=O)C1=C(N)Oc2c(c(=O)[nH]c3ccccc23)C1c1ccccc1OCC. The minimum atomic E-state index is -0.802. The number of H-pyrrole nitrogens is 1. The minimum Gasteiger partial charge on any atom is -0.494 e. The molecule has 30 heavy (non-hydrogen) atoms. The molecule has 2 heterocycles. The molecule has 7 nitrogen and oxygen atoms in total. The van der Waals surface area contributed by atoms with Gasteiger partial charge >= 0.3 is 5.97 Å². The molecule has 3 N–H and O–H groups in total. The van der Waals surface area contributed by atoms with Crippen molar-refractivity contribution in [2.24, 2.45) is 5.73 Å². The molecule has 0 radical (unpaired) electrons. The van der Waals surface area contributed by atoms with Crippen molar-refractivity contribution in [3.8, 4) is 11.5 Å². The molecule has 0 bridgehead atoms. The van der Waals surface area contributed by atoms with Crippen LogP contribution in [0.5, 0.6) is 11.5 Å². The van der Waals surface area contributed by atoms with Crippen molar-refractivity contribution in [3.05, 3.63) is 81.5 Å². The average Bonchev–Trinajstić information content (AvgIpc) is 2.74. The van der Waals surface area contributed by atoms with Crippen molar-refractivity contribution in [1.82, 2.24) is 4.98 Å². The zero-order chi connectivity index (χ0) is 21.3. The van der Waals surface area contributed by atoms with E-state index in [2.05, 4.69) is 4.98 Å². The van der Waals surface area contributed by atoms with Crippen molar-refractivity contribution in [3.63, 3.8) is 0 Å². The van der Waals surface area contributed by atoms with Gasteiger partial charge in [-0.15, -0.1) is 0 Å². The first-order valence-corrected chi connectivity index (χ1v) is 9.78. The number of carbonyl (C=O) groups excluding carboxylic acids is 1.